The van der Waals surface area contributed by atoms with Crippen LogP contribution < -0.4 is 22.9 Å². The van der Waals surface area contributed by atoms with Gasteiger partial charge in [0.25, 0.3) is 0 Å². The summed E-state index contributed by atoms with van der Waals surface area (Å²) in [4.78, 5) is 0. The van der Waals surface area contributed by atoms with Crippen molar-refractivity contribution in [2.75, 3.05) is 0 Å². The molecule has 0 aromatic heterocycles. The zero-order chi connectivity index (χ0) is 9.44. The Kier molecular flexibility index (Phi) is 16.2. The normalized spacial score (nSPS) is 6.58. The van der Waals surface area contributed by atoms with Gasteiger partial charge in [-0.2, -0.15) is 0 Å². The molecule has 0 amide bonds. The van der Waals surface area contributed by atoms with Gasteiger partial charge < -0.3 is 22.9 Å². The Morgan fingerprint density at radius 1 is 1.17 bits per heavy atom. The smallest absolute Gasteiger partial charge is 0.103 e. The molecule has 0 aromatic carbocycles. The monoisotopic (exact) mass is 350 g/mol. The first-order valence-electron chi connectivity index (χ1n) is 2.96. The third kappa shape index (κ3) is 22.5. The lowest BCUT2D eigenvalue weighted by molar-refractivity contribution is 1.23. The summed E-state index contributed by atoms with van der Waals surface area (Å²) < 4.78 is 0.951. The molecule has 0 aliphatic heterocycles. The van der Waals surface area contributed by atoms with Gasteiger partial charge in [0.2, 0.25) is 0 Å². The molecule has 0 spiro atoms. The summed E-state index contributed by atoms with van der Waals surface area (Å²) in [6, 6.07) is 0. The third-order valence-corrected chi connectivity index (χ3v) is 1.35. The molecule has 0 saturated heterocycles. The van der Waals surface area contributed by atoms with E-state index in [2.05, 4.69) is 22.6 Å². The highest BCUT2D eigenvalue weighted by molar-refractivity contribution is 14.1. The van der Waals surface area contributed by atoms with E-state index in [4.69, 9.17) is 22.9 Å². The van der Waals surface area contributed by atoms with Crippen LogP contribution in [0.1, 0.15) is 13.8 Å². The van der Waals surface area contributed by atoms with Crippen LogP contribution >= 0.6 is 39.6 Å². The number of hydrogen-bond acceptors (Lipinski definition) is 4. The molecule has 0 atom stereocenters. The van der Waals surface area contributed by atoms with Gasteiger partial charge in [0.1, 0.15) is 5.82 Å². The predicted octanol–water partition coefficient (Wildman–Crippen LogP) is 0.871. The maximum atomic E-state index is 5.09. The summed E-state index contributed by atoms with van der Waals surface area (Å²) in [7, 11) is 0. The fraction of sp³-hybridized carbons (Fsp3) is 0.333. The molecule has 8 N–H and O–H groups in total. The molecule has 0 radical (unpaired) electrons. The van der Waals surface area contributed by atoms with Gasteiger partial charge >= 0.3 is 0 Å². The second kappa shape index (κ2) is 10.9. The van der Waals surface area contributed by atoms with E-state index in [1.165, 1.54) is 0 Å². The van der Waals surface area contributed by atoms with Gasteiger partial charge in [-0.3, -0.25) is 0 Å². The third-order valence-electron chi connectivity index (χ3n) is 0.731. The average Bonchev–Trinajstić information content (AvgIpc) is 1.89. The Bertz CT molecular complexity index is 145. The molecule has 0 saturated carbocycles. The van der Waals surface area contributed by atoms with Crippen molar-refractivity contribution in [2.24, 2.45) is 22.9 Å². The summed E-state index contributed by atoms with van der Waals surface area (Å²) >= 11 is 2.06. The first-order chi connectivity index (χ1) is 4.91. The molecule has 6 heteroatoms. The number of halogens is 2. The minimum absolute atomic E-state index is 0. The molecule has 4 nitrogen and oxygen atoms in total. The van der Waals surface area contributed by atoms with E-state index in [0.717, 1.165) is 3.58 Å². The summed E-state index contributed by atoms with van der Waals surface area (Å²) in [6.07, 6.45) is 1.64. The maximum Gasteiger partial charge on any atom is 0.103 e. The van der Waals surface area contributed by atoms with Gasteiger partial charge in [0, 0.05) is 3.58 Å². The topological polar surface area (TPSA) is 104 Å². The number of nitrogens with two attached hydrogens (primary N) is 4. The van der Waals surface area contributed by atoms with Gasteiger partial charge in [0.05, 0.1) is 5.82 Å². The number of allylic oxidation sites excluding steroid dienone is 2. The SMILES string of the molecule is Br.CC(I)=C(N)N.CC=C(N)N. The second-order valence-corrected chi connectivity index (χ2v) is 3.40. The van der Waals surface area contributed by atoms with Crippen LogP contribution in [-0.4, -0.2) is 0 Å². The molecule has 0 unspecified atom stereocenters. The van der Waals surface area contributed by atoms with E-state index in [9.17, 15) is 0 Å². The highest BCUT2D eigenvalue weighted by Crippen LogP contribution is 2.01. The fourth-order valence-corrected chi connectivity index (χ4v) is 0. The van der Waals surface area contributed by atoms with Crippen molar-refractivity contribution in [2.45, 2.75) is 13.8 Å². The molecule has 74 valence electrons. The molecule has 12 heavy (non-hydrogen) atoms. The van der Waals surface area contributed by atoms with Gasteiger partial charge in [-0.05, 0) is 42.5 Å². The van der Waals surface area contributed by atoms with Crippen LogP contribution in [0, 0.1) is 0 Å². The standard InChI is InChI=1S/C3H7IN2.C3H8N2.BrH/c1-2(4)3(5)6;1-2-3(4)5;/h5-6H2,1H3;2H,4-5H2,1H3;1H. The zero-order valence-electron chi connectivity index (χ0n) is 7.17. The summed E-state index contributed by atoms with van der Waals surface area (Å²) in [5.41, 5.74) is 20.0. The highest BCUT2D eigenvalue weighted by Gasteiger charge is 1.79. The summed E-state index contributed by atoms with van der Waals surface area (Å²) in [5, 5.41) is 0. The molecule has 0 fully saturated rings. The lowest BCUT2D eigenvalue weighted by Gasteiger charge is -1.87. The second-order valence-electron chi connectivity index (χ2n) is 1.78. The Morgan fingerprint density at radius 3 is 1.33 bits per heavy atom. The summed E-state index contributed by atoms with van der Waals surface area (Å²) in [5.74, 6) is 0.792. The lowest BCUT2D eigenvalue weighted by atomic mass is 10.6. The van der Waals surface area contributed by atoms with Crippen molar-refractivity contribution in [3.63, 3.8) is 0 Å². The molecular weight excluding hydrogens is 335 g/mol. The van der Waals surface area contributed by atoms with Gasteiger partial charge in [-0.25, -0.2) is 0 Å². The van der Waals surface area contributed by atoms with E-state index < -0.39 is 0 Å². The van der Waals surface area contributed by atoms with Gasteiger partial charge in [0.15, 0.2) is 0 Å². The molecule has 0 aromatic rings. The fourth-order valence-electron chi connectivity index (χ4n) is 0. The minimum atomic E-state index is 0. The van der Waals surface area contributed by atoms with E-state index >= 15 is 0 Å². The average molecular weight is 351 g/mol. The zero-order valence-corrected chi connectivity index (χ0v) is 11.0. The van der Waals surface area contributed by atoms with Crippen molar-refractivity contribution in [1.82, 2.24) is 0 Å². The number of hydrogen-bond donors (Lipinski definition) is 4. The van der Waals surface area contributed by atoms with Crippen LogP contribution in [-0.2, 0) is 0 Å². The quantitative estimate of drug-likeness (QED) is 0.486. The molecule has 0 aliphatic rings. The van der Waals surface area contributed by atoms with Crippen LogP contribution in [0.4, 0.5) is 0 Å². The van der Waals surface area contributed by atoms with E-state index in [0.29, 0.717) is 11.6 Å². The van der Waals surface area contributed by atoms with E-state index in [1.807, 2.05) is 6.92 Å². The summed E-state index contributed by atoms with van der Waals surface area (Å²) in [6.45, 7) is 3.64. The largest absolute Gasteiger partial charge is 0.386 e. The van der Waals surface area contributed by atoms with Gasteiger partial charge in [-0.15, -0.1) is 17.0 Å². The molecule has 0 rings (SSSR count). The van der Waals surface area contributed by atoms with E-state index in [1.54, 1.807) is 13.0 Å². The first kappa shape index (κ1) is 17.8. The number of rotatable bonds is 0. The van der Waals surface area contributed by atoms with Crippen LogP contribution in [0.3, 0.4) is 0 Å². The Labute approximate surface area is 97.3 Å². The van der Waals surface area contributed by atoms with E-state index in [-0.39, 0.29) is 17.0 Å². The van der Waals surface area contributed by atoms with Crippen molar-refractivity contribution in [1.29, 1.82) is 0 Å². The van der Waals surface area contributed by atoms with Crippen LogP contribution in [0.5, 0.6) is 0 Å². The lowest BCUT2D eigenvalue weighted by Crippen LogP contribution is -2.08. The van der Waals surface area contributed by atoms with Crippen LogP contribution in [0.15, 0.2) is 21.3 Å². The molecule has 0 bridgehead atoms. The van der Waals surface area contributed by atoms with Crippen molar-refractivity contribution >= 4 is 39.6 Å². The first-order valence-corrected chi connectivity index (χ1v) is 4.04. The maximum absolute atomic E-state index is 5.09. The van der Waals surface area contributed by atoms with Crippen molar-refractivity contribution in [3.8, 4) is 0 Å². The molecule has 0 heterocycles. The van der Waals surface area contributed by atoms with Crippen molar-refractivity contribution in [3.05, 3.63) is 21.3 Å². The Hall–Kier alpha value is -0.110. The van der Waals surface area contributed by atoms with Crippen LogP contribution in [0.25, 0.3) is 0 Å². The molecule has 0 aliphatic carbocycles. The van der Waals surface area contributed by atoms with Gasteiger partial charge in [-0.1, -0.05) is 0 Å². The minimum Gasteiger partial charge on any atom is -0.386 e. The predicted molar refractivity (Wildman–Crippen MR) is 67.5 cm³/mol. The molecular formula is C6H16BrIN4. The van der Waals surface area contributed by atoms with Crippen molar-refractivity contribution < 1.29 is 0 Å². The Morgan fingerprint density at radius 2 is 1.33 bits per heavy atom. The Balaban J connectivity index is -0.000000126. The van der Waals surface area contributed by atoms with Crippen LogP contribution in [0.2, 0.25) is 0 Å². The highest BCUT2D eigenvalue weighted by atomic mass is 127.